The van der Waals surface area contributed by atoms with Gasteiger partial charge in [0.25, 0.3) is 5.91 Å². The van der Waals surface area contributed by atoms with Crippen LogP contribution >= 0.6 is 0 Å². The van der Waals surface area contributed by atoms with Crippen LogP contribution in [0.15, 0.2) is 29.2 Å². The zero-order valence-corrected chi connectivity index (χ0v) is 29.7. The van der Waals surface area contributed by atoms with E-state index in [1.807, 2.05) is 20.8 Å². The molecule has 14 heteroatoms. The second-order valence-electron chi connectivity index (χ2n) is 15.3. The first-order valence-electron chi connectivity index (χ1n) is 17.8. The maximum absolute atomic E-state index is 14.3. The van der Waals surface area contributed by atoms with Gasteiger partial charge in [-0.2, -0.15) is 4.31 Å². The highest BCUT2D eigenvalue weighted by atomic mass is 32.2. The molecule has 0 radical (unpaired) electrons. The number of Topliss-reactive ketones (excluding diaryl/α,β-unsaturated/α-hetero) is 1. The lowest BCUT2D eigenvalue weighted by molar-refractivity contribution is -0.143. The van der Waals surface area contributed by atoms with Crippen molar-refractivity contribution in [3.05, 3.63) is 29.8 Å². The van der Waals surface area contributed by atoms with E-state index in [9.17, 15) is 32.4 Å². The van der Waals surface area contributed by atoms with Gasteiger partial charge >= 0.3 is 6.03 Å². The summed E-state index contributed by atoms with van der Waals surface area (Å²) in [5.74, 6) is -2.71. The highest BCUT2D eigenvalue weighted by Gasteiger charge is 2.43. The molecule has 5 amide bonds. The second-order valence-corrected chi connectivity index (χ2v) is 17.2. The van der Waals surface area contributed by atoms with Gasteiger partial charge in [0.2, 0.25) is 27.6 Å². The van der Waals surface area contributed by atoms with Gasteiger partial charge in [0.05, 0.1) is 10.9 Å². The first-order valence-corrected chi connectivity index (χ1v) is 19.2. The van der Waals surface area contributed by atoms with Crippen LogP contribution in [0.1, 0.15) is 97.0 Å². The topological polar surface area (TPSA) is 188 Å². The number of carbonyl (C=O) groups is 5. The molecule has 1 aromatic rings. The fraction of sp³-hybridized carbons (Fsp3) is 0.686. The lowest BCUT2D eigenvalue weighted by Gasteiger charge is -2.37. The largest absolute Gasteiger partial charge is 0.363 e. The number of amides is 5. The minimum atomic E-state index is -3.72. The van der Waals surface area contributed by atoms with E-state index < -0.39 is 63.2 Å². The monoisotopic (exact) mass is 700 g/mol. The third-order valence-corrected chi connectivity index (χ3v) is 12.8. The molecule has 2 aliphatic carbocycles. The Kier molecular flexibility index (Phi) is 11.4. The highest BCUT2D eigenvalue weighted by Crippen LogP contribution is 2.34. The van der Waals surface area contributed by atoms with Crippen LogP contribution in [-0.4, -0.2) is 84.4 Å². The number of likely N-dealkylation sites (tertiary alicyclic amines) is 1. The molecule has 0 spiro atoms. The predicted molar refractivity (Wildman–Crippen MR) is 182 cm³/mol. The van der Waals surface area contributed by atoms with Crippen LogP contribution in [0.25, 0.3) is 0 Å². The number of carbonyl (C=O) groups excluding carboxylic acids is 5. The summed E-state index contributed by atoms with van der Waals surface area (Å²) in [6.07, 6.45) is 8.51. The van der Waals surface area contributed by atoms with E-state index in [4.69, 9.17) is 5.73 Å². The molecule has 2 heterocycles. The Morgan fingerprint density at radius 2 is 1.59 bits per heavy atom. The number of nitrogens with one attached hydrogen (secondary N) is 3. The molecular weight excluding hydrogens is 648 g/mol. The zero-order chi connectivity index (χ0) is 35.5. The van der Waals surface area contributed by atoms with Crippen molar-refractivity contribution in [1.29, 1.82) is 0 Å². The van der Waals surface area contributed by atoms with Gasteiger partial charge < -0.3 is 26.6 Å². The average molecular weight is 701 g/mol. The van der Waals surface area contributed by atoms with Crippen molar-refractivity contribution in [3.63, 3.8) is 0 Å². The van der Waals surface area contributed by atoms with Crippen LogP contribution in [-0.2, 0) is 35.7 Å². The van der Waals surface area contributed by atoms with Crippen molar-refractivity contribution in [2.75, 3.05) is 13.1 Å². The average Bonchev–Trinajstić information content (AvgIpc) is 3.62. The molecule has 1 unspecified atom stereocenters. The van der Waals surface area contributed by atoms with Crippen molar-refractivity contribution in [3.8, 4) is 0 Å². The van der Waals surface area contributed by atoms with Crippen molar-refractivity contribution in [1.82, 2.24) is 25.2 Å². The Balaban J connectivity index is 1.29. The third-order valence-electron chi connectivity index (χ3n) is 10.9. The summed E-state index contributed by atoms with van der Waals surface area (Å²) in [7, 11) is -3.72. The summed E-state index contributed by atoms with van der Waals surface area (Å²) in [4.78, 5) is 67.8. The van der Waals surface area contributed by atoms with Crippen LogP contribution in [0.3, 0.4) is 0 Å². The van der Waals surface area contributed by atoms with Crippen molar-refractivity contribution >= 4 is 39.6 Å². The summed E-state index contributed by atoms with van der Waals surface area (Å²) in [5.41, 5.74) is 5.49. The molecule has 49 heavy (non-hydrogen) atoms. The fourth-order valence-electron chi connectivity index (χ4n) is 7.61. The van der Waals surface area contributed by atoms with E-state index in [-0.39, 0.29) is 35.7 Å². The molecule has 270 valence electrons. The number of nitrogens with two attached hydrogens (primary N) is 1. The third kappa shape index (κ3) is 8.45. The molecule has 2 saturated carbocycles. The number of benzene rings is 1. The molecular formula is C35H52N6O7S. The Morgan fingerprint density at radius 1 is 0.898 bits per heavy atom. The SMILES string of the molecule is CC(C)(C)[C@@H](CN1Cc2ccccc2S1(=O)=O)NC(=O)N[C@H](C(=O)N1CCC[C@H]1C(=O)NC(CC1CCC1)C(=O)C(N)=O)C1CCCCC1. The first kappa shape index (κ1) is 36.8. The number of sulfonamides is 1. The number of primary amides is 1. The molecule has 1 aromatic carbocycles. The van der Waals surface area contributed by atoms with Gasteiger partial charge in [-0.1, -0.05) is 77.5 Å². The van der Waals surface area contributed by atoms with E-state index >= 15 is 0 Å². The molecule has 0 aromatic heterocycles. The van der Waals surface area contributed by atoms with Crippen molar-refractivity contribution < 1.29 is 32.4 Å². The van der Waals surface area contributed by atoms with Gasteiger partial charge in [0, 0.05) is 25.7 Å². The number of hydrogen-bond donors (Lipinski definition) is 4. The van der Waals surface area contributed by atoms with Crippen molar-refractivity contribution in [2.45, 2.75) is 127 Å². The van der Waals surface area contributed by atoms with Gasteiger partial charge in [0.15, 0.2) is 0 Å². The number of urea groups is 1. The smallest absolute Gasteiger partial charge is 0.315 e. The highest BCUT2D eigenvalue weighted by molar-refractivity contribution is 7.89. The van der Waals surface area contributed by atoms with Gasteiger partial charge in [-0.05, 0) is 61.0 Å². The quantitative estimate of drug-likeness (QED) is 0.241. The molecule has 4 atom stereocenters. The Morgan fingerprint density at radius 3 is 2.20 bits per heavy atom. The lowest BCUT2D eigenvalue weighted by Crippen LogP contribution is -2.60. The molecule has 3 fully saturated rings. The number of rotatable bonds is 12. The van der Waals surface area contributed by atoms with Crippen LogP contribution in [0.2, 0.25) is 0 Å². The first-order chi connectivity index (χ1) is 23.2. The minimum Gasteiger partial charge on any atom is -0.363 e. The van der Waals surface area contributed by atoms with E-state index in [0.29, 0.717) is 31.4 Å². The van der Waals surface area contributed by atoms with E-state index in [2.05, 4.69) is 16.0 Å². The number of hydrogen-bond acceptors (Lipinski definition) is 7. The standard InChI is InChI=1S/C35H52N6O7S/c1-35(2,3)28(21-40-20-24-15-7-8-17-27(24)49(40,47)48)38-34(46)39-29(23-13-5-4-6-14-23)33(45)41-18-10-16-26(41)32(44)37-25(30(42)31(36)43)19-22-11-9-12-22/h7-8,15,17,22-23,25-26,28-29H,4-6,9-14,16,18-21H2,1-3H3,(H2,36,43)(H,37,44)(H2,38,39,46)/t25?,26-,28+,29-/m0/s1. The maximum atomic E-state index is 14.3. The van der Waals surface area contributed by atoms with E-state index in [0.717, 1.165) is 51.4 Å². The zero-order valence-electron chi connectivity index (χ0n) is 28.9. The van der Waals surface area contributed by atoms with Crippen molar-refractivity contribution in [2.24, 2.45) is 23.0 Å². The minimum absolute atomic E-state index is 0.0520. The van der Waals surface area contributed by atoms with Gasteiger partial charge in [-0.25, -0.2) is 13.2 Å². The molecule has 5 N–H and O–H groups in total. The van der Waals surface area contributed by atoms with Gasteiger partial charge in [0.1, 0.15) is 12.1 Å². The number of ketones is 1. The molecule has 5 rings (SSSR count). The molecule has 1 saturated heterocycles. The fourth-order valence-corrected chi connectivity index (χ4v) is 9.25. The van der Waals surface area contributed by atoms with E-state index in [1.165, 1.54) is 9.21 Å². The van der Waals surface area contributed by atoms with Crippen LogP contribution in [0.4, 0.5) is 4.79 Å². The van der Waals surface area contributed by atoms with Gasteiger partial charge in [-0.15, -0.1) is 0 Å². The number of fused-ring (bicyclic) bond motifs is 1. The maximum Gasteiger partial charge on any atom is 0.315 e. The molecule has 0 bridgehead atoms. The summed E-state index contributed by atoms with van der Waals surface area (Å²) in [6, 6.07) is 2.93. The summed E-state index contributed by atoms with van der Waals surface area (Å²) in [6.45, 7) is 6.35. The Labute approximate surface area is 289 Å². The second kappa shape index (κ2) is 15.2. The predicted octanol–water partition coefficient (Wildman–Crippen LogP) is 2.57. The van der Waals surface area contributed by atoms with Crippen LogP contribution in [0, 0.1) is 17.3 Å². The summed E-state index contributed by atoms with van der Waals surface area (Å²) >= 11 is 0. The summed E-state index contributed by atoms with van der Waals surface area (Å²) < 4.78 is 28.0. The van der Waals surface area contributed by atoms with Crippen LogP contribution < -0.4 is 21.7 Å². The molecule has 13 nitrogen and oxygen atoms in total. The summed E-state index contributed by atoms with van der Waals surface area (Å²) in [5, 5.41) is 8.67. The van der Waals surface area contributed by atoms with Gasteiger partial charge in [-0.3, -0.25) is 19.2 Å². The number of nitrogens with zero attached hydrogens (tertiary/aromatic N) is 2. The molecule has 2 aliphatic heterocycles. The Hall–Kier alpha value is -3.52. The van der Waals surface area contributed by atoms with E-state index in [1.54, 1.807) is 24.3 Å². The lowest BCUT2D eigenvalue weighted by atomic mass is 9.80. The Bertz CT molecular complexity index is 1530. The van der Waals surface area contributed by atoms with Crippen LogP contribution in [0.5, 0.6) is 0 Å². The normalized spacial score (nSPS) is 23.1. The molecule has 4 aliphatic rings.